The Kier molecular flexibility index (Phi) is 4.35. The molecule has 2 unspecified atom stereocenters. The standard InChI is InChI=1S/C10H21N3O/c1-8(10(14)12-3)13-5-4-9(7-13)6-11-2/h8-9,11H,4-7H2,1-3H3,(H,12,14). The maximum absolute atomic E-state index is 11.4. The van der Waals surface area contributed by atoms with E-state index >= 15 is 0 Å². The van der Waals surface area contributed by atoms with Crippen LogP contribution in [0.15, 0.2) is 0 Å². The van der Waals surface area contributed by atoms with Crippen molar-refractivity contribution < 1.29 is 4.79 Å². The summed E-state index contributed by atoms with van der Waals surface area (Å²) in [5.41, 5.74) is 0. The number of nitrogens with one attached hydrogen (secondary N) is 2. The van der Waals surface area contributed by atoms with Crippen molar-refractivity contribution in [1.29, 1.82) is 0 Å². The van der Waals surface area contributed by atoms with Crippen LogP contribution in [0, 0.1) is 5.92 Å². The highest BCUT2D eigenvalue weighted by Gasteiger charge is 2.28. The maximum atomic E-state index is 11.4. The predicted molar refractivity (Wildman–Crippen MR) is 57.1 cm³/mol. The zero-order valence-electron chi connectivity index (χ0n) is 9.34. The summed E-state index contributed by atoms with van der Waals surface area (Å²) in [6, 6.07) is 0.0156. The first-order valence-electron chi connectivity index (χ1n) is 5.29. The minimum Gasteiger partial charge on any atom is -0.358 e. The van der Waals surface area contributed by atoms with Gasteiger partial charge in [0.1, 0.15) is 0 Å². The first kappa shape index (κ1) is 11.5. The Morgan fingerprint density at radius 1 is 1.57 bits per heavy atom. The minimum absolute atomic E-state index is 0.0156. The van der Waals surface area contributed by atoms with Crippen LogP contribution in [0.3, 0.4) is 0 Å². The molecule has 0 radical (unpaired) electrons. The molecule has 0 aliphatic carbocycles. The summed E-state index contributed by atoms with van der Waals surface area (Å²) in [5, 5.41) is 5.88. The van der Waals surface area contributed by atoms with Crippen LogP contribution in [0.4, 0.5) is 0 Å². The van der Waals surface area contributed by atoms with Gasteiger partial charge in [-0.15, -0.1) is 0 Å². The van der Waals surface area contributed by atoms with Crippen molar-refractivity contribution in [2.75, 3.05) is 33.7 Å². The fourth-order valence-corrected chi connectivity index (χ4v) is 2.04. The van der Waals surface area contributed by atoms with Crippen LogP contribution in [0.25, 0.3) is 0 Å². The minimum atomic E-state index is 0.0156. The van der Waals surface area contributed by atoms with Crippen molar-refractivity contribution in [2.45, 2.75) is 19.4 Å². The van der Waals surface area contributed by atoms with Crippen molar-refractivity contribution in [3.63, 3.8) is 0 Å². The zero-order chi connectivity index (χ0) is 10.6. The third-order valence-electron chi connectivity index (χ3n) is 2.98. The molecule has 1 saturated heterocycles. The topological polar surface area (TPSA) is 44.4 Å². The summed E-state index contributed by atoms with van der Waals surface area (Å²) in [5.74, 6) is 0.821. The maximum Gasteiger partial charge on any atom is 0.236 e. The molecule has 0 bridgehead atoms. The molecule has 4 heteroatoms. The smallest absolute Gasteiger partial charge is 0.236 e. The molecule has 0 aromatic heterocycles. The highest BCUT2D eigenvalue weighted by atomic mass is 16.2. The molecule has 0 saturated carbocycles. The molecule has 0 aromatic rings. The lowest BCUT2D eigenvalue weighted by Crippen LogP contribution is -2.43. The van der Waals surface area contributed by atoms with E-state index in [1.54, 1.807) is 7.05 Å². The molecule has 82 valence electrons. The third-order valence-corrected chi connectivity index (χ3v) is 2.98. The lowest BCUT2D eigenvalue weighted by atomic mass is 10.1. The molecule has 0 spiro atoms. The lowest BCUT2D eigenvalue weighted by molar-refractivity contribution is -0.125. The van der Waals surface area contributed by atoms with E-state index in [0.29, 0.717) is 5.92 Å². The quantitative estimate of drug-likeness (QED) is 0.651. The van der Waals surface area contributed by atoms with Gasteiger partial charge in [-0.1, -0.05) is 0 Å². The number of carbonyl (C=O) groups excluding carboxylic acids is 1. The van der Waals surface area contributed by atoms with Gasteiger partial charge in [0.15, 0.2) is 0 Å². The van der Waals surface area contributed by atoms with Gasteiger partial charge in [-0.05, 0) is 39.4 Å². The molecular formula is C10H21N3O. The number of hydrogen-bond acceptors (Lipinski definition) is 3. The predicted octanol–water partition coefficient (Wildman–Crippen LogP) is -0.338. The molecule has 1 heterocycles. The van der Waals surface area contributed by atoms with Crippen LogP contribution in [0.2, 0.25) is 0 Å². The summed E-state index contributed by atoms with van der Waals surface area (Å²) in [7, 11) is 3.67. The van der Waals surface area contributed by atoms with E-state index < -0.39 is 0 Å². The van der Waals surface area contributed by atoms with Crippen LogP contribution in [-0.4, -0.2) is 50.6 Å². The SMILES string of the molecule is CNCC1CCN(C(C)C(=O)NC)C1. The van der Waals surface area contributed by atoms with Gasteiger partial charge in [0.05, 0.1) is 6.04 Å². The highest BCUT2D eigenvalue weighted by molar-refractivity contribution is 5.80. The van der Waals surface area contributed by atoms with Crippen molar-refractivity contribution in [2.24, 2.45) is 5.92 Å². The average Bonchev–Trinajstić information content (AvgIpc) is 2.64. The van der Waals surface area contributed by atoms with E-state index in [-0.39, 0.29) is 11.9 Å². The summed E-state index contributed by atoms with van der Waals surface area (Å²) in [6.45, 7) is 5.11. The Bertz CT molecular complexity index is 196. The number of nitrogens with zero attached hydrogens (tertiary/aromatic N) is 1. The fourth-order valence-electron chi connectivity index (χ4n) is 2.04. The molecule has 0 aromatic carbocycles. The monoisotopic (exact) mass is 199 g/mol. The van der Waals surface area contributed by atoms with Crippen molar-refractivity contribution in [3.8, 4) is 0 Å². The summed E-state index contributed by atoms with van der Waals surface area (Å²) in [4.78, 5) is 13.6. The van der Waals surface area contributed by atoms with Crippen molar-refractivity contribution in [3.05, 3.63) is 0 Å². The molecule has 1 aliphatic heterocycles. The Morgan fingerprint density at radius 2 is 2.29 bits per heavy atom. The van der Waals surface area contributed by atoms with Crippen LogP contribution >= 0.6 is 0 Å². The Balaban J connectivity index is 2.37. The molecule has 1 amide bonds. The molecule has 1 rings (SSSR count). The van der Waals surface area contributed by atoms with E-state index in [2.05, 4.69) is 15.5 Å². The normalized spacial score (nSPS) is 24.9. The first-order chi connectivity index (χ1) is 6.69. The number of hydrogen-bond donors (Lipinski definition) is 2. The third kappa shape index (κ3) is 2.69. The Labute approximate surface area is 86.0 Å². The Hall–Kier alpha value is -0.610. The van der Waals surface area contributed by atoms with E-state index in [1.165, 1.54) is 6.42 Å². The van der Waals surface area contributed by atoms with Gasteiger partial charge in [-0.25, -0.2) is 0 Å². The number of carbonyl (C=O) groups is 1. The van der Waals surface area contributed by atoms with E-state index in [9.17, 15) is 4.79 Å². The van der Waals surface area contributed by atoms with Gasteiger partial charge in [0.25, 0.3) is 0 Å². The number of amides is 1. The molecule has 4 nitrogen and oxygen atoms in total. The van der Waals surface area contributed by atoms with Crippen LogP contribution < -0.4 is 10.6 Å². The van der Waals surface area contributed by atoms with Gasteiger partial charge < -0.3 is 10.6 Å². The van der Waals surface area contributed by atoms with Crippen molar-refractivity contribution >= 4 is 5.91 Å². The second-order valence-corrected chi connectivity index (χ2v) is 4.00. The van der Waals surface area contributed by atoms with E-state index in [0.717, 1.165) is 19.6 Å². The second-order valence-electron chi connectivity index (χ2n) is 4.00. The Morgan fingerprint density at radius 3 is 2.86 bits per heavy atom. The van der Waals surface area contributed by atoms with Crippen molar-refractivity contribution in [1.82, 2.24) is 15.5 Å². The second kappa shape index (κ2) is 5.32. The molecule has 2 N–H and O–H groups in total. The summed E-state index contributed by atoms with van der Waals surface area (Å²) >= 11 is 0. The largest absolute Gasteiger partial charge is 0.358 e. The van der Waals surface area contributed by atoms with E-state index in [1.807, 2.05) is 14.0 Å². The highest BCUT2D eigenvalue weighted by Crippen LogP contribution is 2.17. The summed E-state index contributed by atoms with van der Waals surface area (Å²) in [6.07, 6.45) is 1.20. The van der Waals surface area contributed by atoms with Gasteiger partial charge in [-0.2, -0.15) is 0 Å². The average molecular weight is 199 g/mol. The lowest BCUT2D eigenvalue weighted by Gasteiger charge is -2.22. The molecule has 1 fully saturated rings. The number of likely N-dealkylation sites (N-methyl/N-ethyl adjacent to an activating group) is 1. The van der Waals surface area contributed by atoms with Crippen LogP contribution in [-0.2, 0) is 4.79 Å². The van der Waals surface area contributed by atoms with Gasteiger partial charge in [-0.3, -0.25) is 9.69 Å². The molecule has 2 atom stereocenters. The van der Waals surface area contributed by atoms with Gasteiger partial charge in [0, 0.05) is 13.6 Å². The first-order valence-corrected chi connectivity index (χ1v) is 5.29. The van der Waals surface area contributed by atoms with Crippen LogP contribution in [0.5, 0.6) is 0 Å². The number of likely N-dealkylation sites (tertiary alicyclic amines) is 1. The zero-order valence-corrected chi connectivity index (χ0v) is 9.34. The number of rotatable bonds is 4. The van der Waals surface area contributed by atoms with E-state index in [4.69, 9.17) is 0 Å². The molecule has 14 heavy (non-hydrogen) atoms. The van der Waals surface area contributed by atoms with Crippen LogP contribution in [0.1, 0.15) is 13.3 Å². The summed E-state index contributed by atoms with van der Waals surface area (Å²) < 4.78 is 0. The van der Waals surface area contributed by atoms with Gasteiger partial charge >= 0.3 is 0 Å². The molecular weight excluding hydrogens is 178 g/mol. The van der Waals surface area contributed by atoms with Gasteiger partial charge in [0.2, 0.25) is 5.91 Å². The molecule has 1 aliphatic rings. The fraction of sp³-hybridized carbons (Fsp3) is 0.900.